The Morgan fingerprint density at radius 1 is 1.12 bits per heavy atom. The fourth-order valence-electron chi connectivity index (χ4n) is 2.50. The lowest BCUT2D eigenvalue weighted by molar-refractivity contribution is -0.664. The van der Waals surface area contributed by atoms with E-state index in [1.165, 1.54) is 17.4 Å². The molecule has 1 aromatic heterocycles. The molecule has 0 aliphatic carbocycles. The van der Waals surface area contributed by atoms with Crippen LogP contribution in [0.2, 0.25) is 5.02 Å². The van der Waals surface area contributed by atoms with Gasteiger partial charge in [-0.2, -0.15) is 13.2 Å². The van der Waals surface area contributed by atoms with Gasteiger partial charge in [0.2, 0.25) is 0 Å². The highest BCUT2D eigenvalue weighted by Crippen LogP contribution is 2.32. The average Bonchev–Trinajstić information content (AvgIpc) is 2.97. The van der Waals surface area contributed by atoms with Gasteiger partial charge in [0.15, 0.2) is 0 Å². The monoisotopic (exact) mass is 383 g/mol. The Bertz CT molecular complexity index is 873. The fourth-order valence-corrected chi connectivity index (χ4v) is 3.64. The van der Waals surface area contributed by atoms with Crippen LogP contribution >= 0.6 is 22.9 Å². The van der Waals surface area contributed by atoms with Gasteiger partial charge in [0, 0.05) is 16.0 Å². The Morgan fingerprint density at radius 2 is 1.84 bits per heavy atom. The minimum Gasteiger partial charge on any atom is -0.231 e. The van der Waals surface area contributed by atoms with Crippen LogP contribution in [0, 0.1) is 0 Å². The summed E-state index contributed by atoms with van der Waals surface area (Å²) in [6.07, 6.45) is -4.36. The van der Waals surface area contributed by atoms with Crippen molar-refractivity contribution >= 4 is 33.8 Å². The number of hydrogen-bond acceptors (Lipinski definition) is 2. The summed E-state index contributed by atoms with van der Waals surface area (Å²) in [7, 11) is 0. The standard InChI is InChI=1S/C18H14ClF3N2S/c1-2-24-16(12-6-8-14(19)9-7-12)11-25-17(24)23-15-5-3-4-13(10-15)18(20,21)22/h3-11H,2H2,1H3/p+1. The lowest BCUT2D eigenvalue weighted by Gasteiger charge is -2.08. The number of thiazole rings is 1. The van der Waals surface area contributed by atoms with Gasteiger partial charge >= 0.3 is 11.3 Å². The van der Waals surface area contributed by atoms with Crippen LogP contribution < -0.4 is 9.88 Å². The number of nitrogens with zero attached hydrogens (tertiary/aromatic N) is 1. The van der Waals surface area contributed by atoms with E-state index in [2.05, 4.69) is 5.32 Å². The van der Waals surface area contributed by atoms with Crippen LogP contribution in [0.25, 0.3) is 11.3 Å². The second-order valence-corrected chi connectivity index (χ2v) is 6.68. The van der Waals surface area contributed by atoms with Crippen LogP contribution in [0.4, 0.5) is 24.0 Å². The molecule has 3 aromatic rings. The Kier molecular flexibility index (Phi) is 5.01. The fraction of sp³-hybridized carbons (Fsp3) is 0.167. The van der Waals surface area contributed by atoms with Gasteiger partial charge in [0.05, 0.1) is 12.1 Å². The summed E-state index contributed by atoms with van der Waals surface area (Å²) < 4.78 is 40.6. The van der Waals surface area contributed by atoms with Crippen molar-refractivity contribution in [3.05, 3.63) is 64.5 Å². The first-order valence-corrected chi connectivity index (χ1v) is 8.86. The third-order valence-corrected chi connectivity index (χ3v) is 4.85. The molecule has 0 amide bonds. The molecular formula is C18H15ClF3N2S+. The third-order valence-electron chi connectivity index (χ3n) is 3.72. The van der Waals surface area contributed by atoms with Gasteiger partial charge in [0.1, 0.15) is 11.4 Å². The molecule has 0 spiro atoms. The molecule has 25 heavy (non-hydrogen) atoms. The quantitative estimate of drug-likeness (QED) is 0.535. The zero-order valence-electron chi connectivity index (χ0n) is 13.3. The van der Waals surface area contributed by atoms with E-state index in [4.69, 9.17) is 11.6 Å². The number of nitrogens with one attached hydrogen (secondary N) is 1. The molecule has 2 nitrogen and oxygen atoms in total. The molecule has 2 aromatic carbocycles. The molecule has 0 saturated carbocycles. The van der Waals surface area contributed by atoms with Gasteiger partial charge < -0.3 is 0 Å². The minimum atomic E-state index is -4.36. The highest BCUT2D eigenvalue weighted by Gasteiger charge is 2.31. The van der Waals surface area contributed by atoms with Crippen LogP contribution in [0.15, 0.2) is 53.9 Å². The normalized spacial score (nSPS) is 11.6. The zero-order chi connectivity index (χ0) is 18.0. The molecule has 130 valence electrons. The summed E-state index contributed by atoms with van der Waals surface area (Å²) in [5.41, 5.74) is 1.72. The first-order valence-electron chi connectivity index (χ1n) is 7.60. The van der Waals surface area contributed by atoms with Gasteiger partial charge in [-0.05, 0) is 49.4 Å². The topological polar surface area (TPSA) is 15.9 Å². The maximum absolute atomic E-state index is 12.9. The molecule has 1 N–H and O–H groups in total. The third kappa shape index (κ3) is 3.96. The molecule has 0 unspecified atom stereocenters. The summed E-state index contributed by atoms with van der Waals surface area (Å²) in [6.45, 7) is 2.67. The van der Waals surface area contributed by atoms with E-state index in [0.29, 0.717) is 17.3 Å². The largest absolute Gasteiger partial charge is 0.416 e. The Morgan fingerprint density at radius 3 is 2.48 bits per heavy atom. The molecule has 0 atom stereocenters. The number of aromatic nitrogens is 1. The SMILES string of the molecule is CC[n+]1c(-c2ccc(Cl)cc2)csc1Nc1cccc(C(F)(F)F)c1. The van der Waals surface area contributed by atoms with E-state index in [9.17, 15) is 13.2 Å². The summed E-state index contributed by atoms with van der Waals surface area (Å²) in [4.78, 5) is 0. The van der Waals surface area contributed by atoms with E-state index < -0.39 is 11.7 Å². The number of halogens is 4. The van der Waals surface area contributed by atoms with Crippen molar-refractivity contribution in [2.75, 3.05) is 5.32 Å². The van der Waals surface area contributed by atoms with Crippen molar-refractivity contribution in [3.8, 4) is 11.3 Å². The molecule has 0 fully saturated rings. The van der Waals surface area contributed by atoms with Gasteiger partial charge in [-0.25, -0.2) is 9.88 Å². The summed E-state index contributed by atoms with van der Waals surface area (Å²) in [6, 6.07) is 12.7. The molecule has 0 saturated heterocycles. The second kappa shape index (κ2) is 7.06. The Balaban J connectivity index is 1.93. The number of alkyl halides is 3. The highest BCUT2D eigenvalue weighted by atomic mass is 35.5. The van der Waals surface area contributed by atoms with E-state index >= 15 is 0 Å². The molecule has 0 bridgehead atoms. The molecule has 0 radical (unpaired) electrons. The van der Waals surface area contributed by atoms with Crippen LogP contribution in [0.5, 0.6) is 0 Å². The minimum absolute atomic E-state index is 0.404. The van der Waals surface area contributed by atoms with Gasteiger partial charge in [-0.1, -0.05) is 29.0 Å². The average molecular weight is 384 g/mol. The van der Waals surface area contributed by atoms with Crippen molar-refractivity contribution in [1.29, 1.82) is 0 Å². The van der Waals surface area contributed by atoms with Crippen molar-refractivity contribution in [2.45, 2.75) is 19.6 Å². The number of hydrogen-bond donors (Lipinski definition) is 1. The van der Waals surface area contributed by atoms with E-state index in [0.717, 1.165) is 28.5 Å². The van der Waals surface area contributed by atoms with Crippen molar-refractivity contribution in [3.63, 3.8) is 0 Å². The first kappa shape index (κ1) is 17.8. The first-order chi connectivity index (χ1) is 11.9. The molecular weight excluding hydrogens is 369 g/mol. The van der Waals surface area contributed by atoms with Crippen LogP contribution in [0.1, 0.15) is 12.5 Å². The van der Waals surface area contributed by atoms with Crippen molar-refractivity contribution in [1.82, 2.24) is 0 Å². The Hall–Kier alpha value is -2.05. The van der Waals surface area contributed by atoms with E-state index in [1.54, 1.807) is 6.07 Å². The molecule has 1 heterocycles. The van der Waals surface area contributed by atoms with Gasteiger partial charge in [0.25, 0.3) is 0 Å². The lowest BCUT2D eigenvalue weighted by atomic mass is 10.2. The molecule has 0 aliphatic rings. The molecule has 0 aliphatic heterocycles. The lowest BCUT2D eigenvalue weighted by Crippen LogP contribution is -2.35. The molecule has 3 rings (SSSR count). The number of rotatable bonds is 4. The maximum atomic E-state index is 12.9. The Labute approximate surface area is 152 Å². The van der Waals surface area contributed by atoms with E-state index in [1.807, 2.05) is 41.1 Å². The van der Waals surface area contributed by atoms with Crippen molar-refractivity contribution in [2.24, 2.45) is 0 Å². The number of benzene rings is 2. The number of anilines is 2. The predicted octanol–water partition coefficient (Wildman–Crippen LogP) is 6.14. The van der Waals surface area contributed by atoms with Gasteiger partial charge in [-0.15, -0.1) is 0 Å². The van der Waals surface area contributed by atoms with Crippen molar-refractivity contribution < 1.29 is 17.7 Å². The summed E-state index contributed by atoms with van der Waals surface area (Å²) >= 11 is 7.37. The summed E-state index contributed by atoms with van der Waals surface area (Å²) in [5, 5.41) is 6.49. The zero-order valence-corrected chi connectivity index (χ0v) is 14.8. The predicted molar refractivity (Wildman–Crippen MR) is 95.4 cm³/mol. The van der Waals surface area contributed by atoms with Crippen LogP contribution in [0.3, 0.4) is 0 Å². The van der Waals surface area contributed by atoms with Crippen LogP contribution in [-0.4, -0.2) is 0 Å². The van der Waals surface area contributed by atoms with E-state index in [-0.39, 0.29) is 0 Å². The van der Waals surface area contributed by atoms with Gasteiger partial charge in [-0.3, -0.25) is 0 Å². The smallest absolute Gasteiger partial charge is 0.231 e. The maximum Gasteiger partial charge on any atom is 0.416 e. The summed E-state index contributed by atoms with van der Waals surface area (Å²) in [5.74, 6) is 0. The highest BCUT2D eigenvalue weighted by molar-refractivity contribution is 7.13. The van der Waals surface area contributed by atoms with Crippen LogP contribution in [-0.2, 0) is 12.7 Å². The molecule has 7 heteroatoms. The second-order valence-electron chi connectivity index (χ2n) is 5.38.